The Kier molecular flexibility index (Phi) is 6.39. The van der Waals surface area contributed by atoms with Crippen LogP contribution in [0.3, 0.4) is 0 Å². The maximum Gasteiger partial charge on any atom is 0.0642 e. The first-order chi connectivity index (χ1) is 11.9. The van der Waals surface area contributed by atoms with E-state index in [1.165, 1.54) is 0 Å². The minimum atomic E-state index is 0.690. The van der Waals surface area contributed by atoms with Crippen LogP contribution in [0.25, 0.3) is 0 Å². The third-order valence-electron chi connectivity index (χ3n) is 4.04. The molecule has 2 aromatic rings. The van der Waals surface area contributed by atoms with Gasteiger partial charge in [0.05, 0.1) is 50.2 Å². The molecule has 0 aromatic carbocycles. The molecule has 0 aliphatic carbocycles. The summed E-state index contributed by atoms with van der Waals surface area (Å²) >= 11 is 0. The molecule has 0 amide bonds. The molecule has 0 bridgehead atoms. The zero-order valence-electron chi connectivity index (χ0n) is 13.9. The number of rotatable bonds is 2. The molecule has 6 heteroatoms. The molecule has 2 aromatic heterocycles. The molecule has 6 nitrogen and oxygen atoms in total. The fraction of sp³-hybridized carbons (Fsp3) is 0.444. The van der Waals surface area contributed by atoms with Crippen molar-refractivity contribution in [2.75, 3.05) is 62.4 Å². The standard InChI is InChI=1S/C18H24N4O2/c1-3-17(15-19-5-1)21-7-11-23-13-9-22(10-14-24-12-8-21)18-4-2-6-20-16-18/h1-6,15-16H,7-14H2. The Bertz CT molecular complexity index is 517. The van der Waals surface area contributed by atoms with Gasteiger partial charge >= 0.3 is 0 Å². The van der Waals surface area contributed by atoms with Crippen molar-refractivity contribution in [3.63, 3.8) is 0 Å². The van der Waals surface area contributed by atoms with Gasteiger partial charge in [-0.2, -0.15) is 0 Å². The van der Waals surface area contributed by atoms with Crippen molar-refractivity contribution in [3.05, 3.63) is 49.1 Å². The zero-order valence-corrected chi connectivity index (χ0v) is 13.9. The molecule has 0 spiro atoms. The van der Waals surface area contributed by atoms with Crippen molar-refractivity contribution >= 4 is 11.4 Å². The van der Waals surface area contributed by atoms with Crippen LogP contribution in [0, 0.1) is 0 Å². The van der Waals surface area contributed by atoms with Crippen molar-refractivity contribution in [1.29, 1.82) is 0 Å². The van der Waals surface area contributed by atoms with Gasteiger partial charge in [-0.15, -0.1) is 0 Å². The topological polar surface area (TPSA) is 50.7 Å². The van der Waals surface area contributed by atoms with E-state index in [1.807, 2.05) is 24.5 Å². The molecule has 0 atom stereocenters. The summed E-state index contributed by atoms with van der Waals surface area (Å²) in [7, 11) is 0. The summed E-state index contributed by atoms with van der Waals surface area (Å²) in [6, 6.07) is 8.06. The van der Waals surface area contributed by atoms with Crippen LogP contribution in [0.1, 0.15) is 0 Å². The van der Waals surface area contributed by atoms with E-state index in [4.69, 9.17) is 9.47 Å². The Balaban J connectivity index is 1.56. The molecule has 0 N–H and O–H groups in total. The predicted molar refractivity (Wildman–Crippen MR) is 94.5 cm³/mol. The number of pyridine rings is 2. The van der Waals surface area contributed by atoms with E-state index in [0.29, 0.717) is 26.4 Å². The molecule has 3 heterocycles. The van der Waals surface area contributed by atoms with Crippen molar-refractivity contribution in [3.8, 4) is 0 Å². The van der Waals surface area contributed by atoms with E-state index in [0.717, 1.165) is 37.6 Å². The van der Waals surface area contributed by atoms with Crippen molar-refractivity contribution < 1.29 is 9.47 Å². The van der Waals surface area contributed by atoms with Gasteiger partial charge in [-0.05, 0) is 24.3 Å². The monoisotopic (exact) mass is 328 g/mol. The summed E-state index contributed by atoms with van der Waals surface area (Å²) in [4.78, 5) is 12.9. The number of hydrogen-bond donors (Lipinski definition) is 0. The van der Waals surface area contributed by atoms with Crippen LogP contribution in [0.5, 0.6) is 0 Å². The van der Waals surface area contributed by atoms with Crippen LogP contribution >= 0.6 is 0 Å². The minimum absolute atomic E-state index is 0.690. The van der Waals surface area contributed by atoms with Crippen LogP contribution in [0.4, 0.5) is 11.4 Å². The average molecular weight is 328 g/mol. The highest BCUT2D eigenvalue weighted by Gasteiger charge is 2.10. The summed E-state index contributed by atoms with van der Waals surface area (Å²) in [5.41, 5.74) is 2.22. The highest BCUT2D eigenvalue weighted by Crippen LogP contribution is 2.13. The van der Waals surface area contributed by atoms with E-state index < -0.39 is 0 Å². The zero-order chi connectivity index (χ0) is 16.5. The largest absolute Gasteiger partial charge is 0.378 e. The Morgan fingerprint density at radius 3 is 1.42 bits per heavy atom. The molecule has 0 unspecified atom stereocenters. The summed E-state index contributed by atoms with van der Waals surface area (Å²) < 4.78 is 11.7. The molecule has 128 valence electrons. The normalized spacial score (nSPS) is 17.8. The van der Waals surface area contributed by atoms with E-state index in [-0.39, 0.29) is 0 Å². The minimum Gasteiger partial charge on any atom is -0.378 e. The lowest BCUT2D eigenvalue weighted by atomic mass is 10.3. The molecular formula is C18H24N4O2. The number of hydrogen-bond acceptors (Lipinski definition) is 6. The highest BCUT2D eigenvalue weighted by molar-refractivity contribution is 5.44. The fourth-order valence-electron chi connectivity index (χ4n) is 2.72. The molecule has 1 saturated heterocycles. The predicted octanol–water partition coefficient (Wildman–Crippen LogP) is 1.84. The Morgan fingerprint density at radius 2 is 1.08 bits per heavy atom. The Labute approximate surface area is 143 Å². The number of aromatic nitrogens is 2. The van der Waals surface area contributed by atoms with Crippen LogP contribution in [0.2, 0.25) is 0 Å². The van der Waals surface area contributed by atoms with E-state index >= 15 is 0 Å². The lowest BCUT2D eigenvalue weighted by Crippen LogP contribution is -2.36. The fourth-order valence-corrected chi connectivity index (χ4v) is 2.72. The van der Waals surface area contributed by atoms with Crippen molar-refractivity contribution in [2.45, 2.75) is 0 Å². The molecular weight excluding hydrogens is 304 g/mol. The van der Waals surface area contributed by atoms with E-state index in [9.17, 15) is 0 Å². The number of nitrogens with zero attached hydrogens (tertiary/aromatic N) is 4. The van der Waals surface area contributed by atoms with Gasteiger partial charge in [0.25, 0.3) is 0 Å². The lowest BCUT2D eigenvalue weighted by molar-refractivity contribution is 0.123. The smallest absolute Gasteiger partial charge is 0.0642 e. The Hall–Kier alpha value is -2.18. The summed E-state index contributed by atoms with van der Waals surface area (Å²) in [6.07, 6.45) is 7.35. The number of ether oxygens (including phenoxy) is 2. The summed E-state index contributed by atoms with van der Waals surface area (Å²) in [6.45, 7) is 6.10. The first kappa shape index (κ1) is 16.7. The van der Waals surface area contributed by atoms with Gasteiger partial charge in [0.1, 0.15) is 0 Å². The highest BCUT2D eigenvalue weighted by atomic mass is 16.5. The van der Waals surface area contributed by atoms with E-state index in [1.54, 1.807) is 12.4 Å². The molecule has 0 radical (unpaired) electrons. The van der Waals surface area contributed by atoms with Crippen molar-refractivity contribution in [1.82, 2.24) is 9.97 Å². The quantitative estimate of drug-likeness (QED) is 0.838. The first-order valence-electron chi connectivity index (χ1n) is 8.39. The molecule has 24 heavy (non-hydrogen) atoms. The van der Waals surface area contributed by atoms with Gasteiger partial charge in [-0.25, -0.2) is 0 Å². The lowest BCUT2D eigenvalue weighted by Gasteiger charge is -2.28. The third kappa shape index (κ3) is 4.91. The molecule has 1 aliphatic rings. The second-order valence-electron chi connectivity index (χ2n) is 5.62. The van der Waals surface area contributed by atoms with Gasteiger partial charge in [-0.3, -0.25) is 9.97 Å². The van der Waals surface area contributed by atoms with Gasteiger partial charge in [-0.1, -0.05) is 0 Å². The SMILES string of the molecule is c1cncc(N2CCOCCN(c3cccnc3)CCOCC2)c1. The average Bonchev–Trinajstić information content (AvgIpc) is 2.64. The summed E-state index contributed by atoms with van der Waals surface area (Å²) in [5, 5.41) is 0. The summed E-state index contributed by atoms with van der Waals surface area (Å²) in [5.74, 6) is 0. The van der Waals surface area contributed by atoms with E-state index in [2.05, 4.69) is 31.9 Å². The molecule has 1 aliphatic heterocycles. The number of anilines is 2. The first-order valence-corrected chi connectivity index (χ1v) is 8.39. The maximum atomic E-state index is 5.84. The molecule has 3 rings (SSSR count). The Morgan fingerprint density at radius 1 is 0.667 bits per heavy atom. The van der Waals surface area contributed by atoms with Crippen LogP contribution < -0.4 is 9.80 Å². The van der Waals surface area contributed by atoms with Crippen molar-refractivity contribution in [2.24, 2.45) is 0 Å². The second kappa shape index (κ2) is 9.20. The van der Waals surface area contributed by atoms with Gasteiger partial charge in [0.2, 0.25) is 0 Å². The molecule has 1 fully saturated rings. The molecule has 0 saturated carbocycles. The second-order valence-corrected chi connectivity index (χ2v) is 5.62. The van der Waals surface area contributed by atoms with Gasteiger partial charge < -0.3 is 19.3 Å². The van der Waals surface area contributed by atoms with Crippen LogP contribution in [-0.2, 0) is 9.47 Å². The maximum absolute atomic E-state index is 5.84. The van der Waals surface area contributed by atoms with Crippen LogP contribution in [0.15, 0.2) is 49.1 Å². The third-order valence-corrected chi connectivity index (χ3v) is 4.04. The van der Waals surface area contributed by atoms with Crippen LogP contribution in [-0.4, -0.2) is 62.6 Å². The van der Waals surface area contributed by atoms with Gasteiger partial charge in [0.15, 0.2) is 0 Å². The van der Waals surface area contributed by atoms with Gasteiger partial charge in [0, 0.05) is 38.6 Å².